The molecule has 0 bridgehead atoms. The summed E-state index contributed by atoms with van der Waals surface area (Å²) in [6, 6.07) is 11.5. The molecule has 0 radical (unpaired) electrons. The molecule has 0 aliphatic heterocycles. The number of ether oxygens (including phenoxy) is 3. The molecule has 1 heterocycles. The number of benzene rings is 2. The van der Waals surface area contributed by atoms with Crippen molar-refractivity contribution in [3.8, 4) is 11.5 Å². The van der Waals surface area contributed by atoms with E-state index in [1.54, 1.807) is 13.0 Å². The van der Waals surface area contributed by atoms with Crippen molar-refractivity contribution in [1.29, 1.82) is 0 Å². The zero-order valence-corrected chi connectivity index (χ0v) is 16.4. The molecule has 150 valence electrons. The van der Waals surface area contributed by atoms with Gasteiger partial charge in [-0.3, -0.25) is 10.1 Å². The lowest BCUT2D eigenvalue weighted by Gasteiger charge is -2.12. The van der Waals surface area contributed by atoms with Gasteiger partial charge in [-0.15, -0.1) is 0 Å². The number of halogens is 1. The van der Waals surface area contributed by atoms with Gasteiger partial charge in [0.2, 0.25) is 0 Å². The summed E-state index contributed by atoms with van der Waals surface area (Å²) in [5.41, 5.74) is 0.502. The van der Waals surface area contributed by atoms with Crippen LogP contribution in [-0.4, -0.2) is 29.6 Å². The molecular weight excluding hydrogens is 400 g/mol. The van der Waals surface area contributed by atoms with Gasteiger partial charge in [-0.25, -0.2) is 9.78 Å². The van der Waals surface area contributed by atoms with E-state index in [0.717, 1.165) is 11.5 Å². The summed E-state index contributed by atoms with van der Waals surface area (Å²) in [6.45, 7) is 1.84. The molecule has 9 heteroatoms. The molecule has 0 saturated heterocycles. The van der Waals surface area contributed by atoms with E-state index in [1.165, 1.54) is 13.2 Å². The first-order valence-electron chi connectivity index (χ1n) is 8.65. The fourth-order valence-electron chi connectivity index (χ4n) is 2.75. The highest BCUT2D eigenvalue weighted by atomic mass is 35.5. The number of hydrogen-bond donors (Lipinski definition) is 0. The second-order valence-electron chi connectivity index (χ2n) is 5.92. The van der Waals surface area contributed by atoms with Gasteiger partial charge >= 0.3 is 5.97 Å². The van der Waals surface area contributed by atoms with Crippen LogP contribution in [0.4, 0.5) is 5.69 Å². The Kier molecular flexibility index (Phi) is 6.13. The molecule has 0 unspecified atom stereocenters. The highest BCUT2D eigenvalue weighted by Gasteiger charge is 2.26. The minimum atomic E-state index is -0.885. The van der Waals surface area contributed by atoms with Gasteiger partial charge in [-0.2, -0.15) is 0 Å². The maximum atomic E-state index is 12.6. The van der Waals surface area contributed by atoms with Gasteiger partial charge < -0.3 is 14.2 Å². The second-order valence-corrected chi connectivity index (χ2v) is 6.28. The molecule has 0 fully saturated rings. The highest BCUT2D eigenvalue weighted by molar-refractivity contribution is 6.30. The number of fused-ring (bicyclic) bond motifs is 1. The predicted molar refractivity (Wildman–Crippen MR) is 107 cm³/mol. The van der Waals surface area contributed by atoms with Crippen LogP contribution in [-0.2, 0) is 11.3 Å². The van der Waals surface area contributed by atoms with Gasteiger partial charge in [0.15, 0.2) is 11.5 Å². The fourth-order valence-corrected chi connectivity index (χ4v) is 2.95. The number of aromatic nitrogens is 1. The van der Waals surface area contributed by atoms with Crippen LogP contribution in [0.1, 0.15) is 22.8 Å². The number of nitro groups is 1. The zero-order chi connectivity index (χ0) is 21.0. The molecule has 1 aromatic heterocycles. The average molecular weight is 417 g/mol. The molecule has 8 nitrogen and oxygen atoms in total. The van der Waals surface area contributed by atoms with Crippen LogP contribution < -0.4 is 9.47 Å². The standard InChI is InChI=1S/C20H17ClN2O6/c1-3-28-18-9-14(16(23(25)26)10-17(18)27-2)20(24)29-11-13-8-12-6-4-5-7-15(12)22-19(13)21/h4-10H,3,11H2,1-2H3. The van der Waals surface area contributed by atoms with Crippen molar-refractivity contribution in [2.45, 2.75) is 13.5 Å². The molecule has 0 N–H and O–H groups in total. The van der Waals surface area contributed by atoms with Crippen molar-refractivity contribution in [2.75, 3.05) is 13.7 Å². The van der Waals surface area contributed by atoms with Crippen LogP contribution >= 0.6 is 11.6 Å². The molecular formula is C20H17ClN2O6. The Bertz CT molecular complexity index is 1090. The molecule has 0 aliphatic rings. The first-order valence-corrected chi connectivity index (χ1v) is 9.03. The lowest BCUT2D eigenvalue weighted by Crippen LogP contribution is -2.10. The monoisotopic (exact) mass is 416 g/mol. The Hall–Kier alpha value is -3.39. The fraction of sp³-hybridized carbons (Fsp3) is 0.200. The minimum absolute atomic E-state index is 0.150. The van der Waals surface area contributed by atoms with E-state index in [1.807, 2.05) is 24.3 Å². The van der Waals surface area contributed by atoms with Crippen molar-refractivity contribution in [3.05, 3.63) is 68.9 Å². The van der Waals surface area contributed by atoms with E-state index in [-0.39, 0.29) is 28.8 Å². The molecule has 29 heavy (non-hydrogen) atoms. The maximum absolute atomic E-state index is 12.6. The molecule has 0 atom stereocenters. The van der Waals surface area contributed by atoms with Crippen molar-refractivity contribution < 1.29 is 23.9 Å². The lowest BCUT2D eigenvalue weighted by atomic mass is 10.1. The Morgan fingerprint density at radius 3 is 2.66 bits per heavy atom. The zero-order valence-electron chi connectivity index (χ0n) is 15.7. The van der Waals surface area contributed by atoms with Crippen molar-refractivity contribution >= 4 is 34.2 Å². The van der Waals surface area contributed by atoms with Crippen molar-refractivity contribution in [3.63, 3.8) is 0 Å². The predicted octanol–water partition coefficient (Wildman–Crippen LogP) is 4.56. The third-order valence-electron chi connectivity index (χ3n) is 4.11. The Balaban J connectivity index is 1.89. The van der Waals surface area contributed by atoms with Crippen LogP contribution in [0.2, 0.25) is 5.15 Å². The molecule has 3 rings (SSSR count). The van der Waals surface area contributed by atoms with E-state index in [2.05, 4.69) is 4.98 Å². The lowest BCUT2D eigenvalue weighted by molar-refractivity contribution is -0.385. The number of carbonyl (C=O) groups excluding carboxylic acids is 1. The summed E-state index contributed by atoms with van der Waals surface area (Å²) in [5.74, 6) is -0.528. The highest BCUT2D eigenvalue weighted by Crippen LogP contribution is 2.35. The van der Waals surface area contributed by atoms with Gasteiger partial charge in [0.25, 0.3) is 5.69 Å². The van der Waals surface area contributed by atoms with E-state index >= 15 is 0 Å². The third-order valence-corrected chi connectivity index (χ3v) is 4.43. The molecule has 0 aliphatic carbocycles. The maximum Gasteiger partial charge on any atom is 0.345 e. The Morgan fingerprint density at radius 2 is 1.97 bits per heavy atom. The van der Waals surface area contributed by atoms with E-state index < -0.39 is 16.6 Å². The summed E-state index contributed by atoms with van der Waals surface area (Å²) in [7, 11) is 1.36. The summed E-state index contributed by atoms with van der Waals surface area (Å²) >= 11 is 6.17. The van der Waals surface area contributed by atoms with Crippen LogP contribution in [0.5, 0.6) is 11.5 Å². The number of rotatable bonds is 7. The van der Waals surface area contributed by atoms with E-state index in [0.29, 0.717) is 17.7 Å². The number of carbonyl (C=O) groups is 1. The van der Waals surface area contributed by atoms with Crippen LogP contribution in [0.25, 0.3) is 10.9 Å². The second kappa shape index (κ2) is 8.74. The molecule has 0 saturated carbocycles. The number of pyridine rings is 1. The minimum Gasteiger partial charge on any atom is -0.493 e. The summed E-state index contributed by atoms with van der Waals surface area (Å²) in [4.78, 5) is 27.6. The van der Waals surface area contributed by atoms with Gasteiger partial charge in [-0.1, -0.05) is 29.8 Å². The van der Waals surface area contributed by atoms with Gasteiger partial charge in [0.1, 0.15) is 17.3 Å². The van der Waals surface area contributed by atoms with Gasteiger partial charge in [-0.05, 0) is 19.1 Å². The average Bonchev–Trinajstić information content (AvgIpc) is 2.71. The van der Waals surface area contributed by atoms with Crippen LogP contribution in [0.3, 0.4) is 0 Å². The molecule has 2 aromatic carbocycles. The normalized spacial score (nSPS) is 10.6. The Labute approximate surface area is 171 Å². The SMILES string of the molecule is CCOc1cc(C(=O)OCc2cc3ccccc3nc2Cl)c([N+](=O)[O-])cc1OC. The number of methoxy groups -OCH3 is 1. The number of para-hydroxylation sites is 1. The number of nitro benzene ring substituents is 1. The number of hydrogen-bond acceptors (Lipinski definition) is 7. The first-order chi connectivity index (χ1) is 13.9. The number of esters is 1. The number of nitrogens with zero attached hydrogens (tertiary/aromatic N) is 2. The summed E-state index contributed by atoms with van der Waals surface area (Å²) < 4.78 is 15.8. The van der Waals surface area contributed by atoms with E-state index in [9.17, 15) is 14.9 Å². The van der Waals surface area contributed by atoms with Crippen LogP contribution in [0, 0.1) is 10.1 Å². The van der Waals surface area contributed by atoms with Crippen LogP contribution in [0.15, 0.2) is 42.5 Å². The van der Waals surface area contributed by atoms with Gasteiger partial charge in [0.05, 0.1) is 30.2 Å². The quantitative estimate of drug-likeness (QED) is 0.241. The molecule has 0 spiro atoms. The Morgan fingerprint density at radius 1 is 1.21 bits per heavy atom. The van der Waals surface area contributed by atoms with E-state index in [4.69, 9.17) is 25.8 Å². The summed E-state index contributed by atoms with van der Waals surface area (Å²) in [6.07, 6.45) is 0. The van der Waals surface area contributed by atoms with Crippen molar-refractivity contribution in [1.82, 2.24) is 4.98 Å². The largest absolute Gasteiger partial charge is 0.493 e. The van der Waals surface area contributed by atoms with Crippen molar-refractivity contribution in [2.24, 2.45) is 0 Å². The smallest absolute Gasteiger partial charge is 0.345 e. The van der Waals surface area contributed by atoms with Gasteiger partial charge in [0, 0.05) is 17.0 Å². The third kappa shape index (κ3) is 4.38. The first kappa shape index (κ1) is 20.3. The topological polar surface area (TPSA) is 101 Å². The summed E-state index contributed by atoms with van der Waals surface area (Å²) in [5, 5.41) is 12.4. The molecule has 0 amide bonds. The molecule has 3 aromatic rings.